The monoisotopic (exact) mass is 273 g/mol. The molecule has 1 aromatic carbocycles. The first-order valence-electron chi connectivity index (χ1n) is 8.24. The van der Waals surface area contributed by atoms with Crippen LogP contribution in [0.2, 0.25) is 0 Å². The lowest BCUT2D eigenvalue weighted by molar-refractivity contribution is 0.0867. The fraction of sp³-hybridized carbons (Fsp3) is 0.667. The van der Waals surface area contributed by atoms with Gasteiger partial charge in [0, 0.05) is 19.2 Å². The highest BCUT2D eigenvalue weighted by Crippen LogP contribution is 2.27. The molecule has 0 spiro atoms. The highest BCUT2D eigenvalue weighted by atomic mass is 16.5. The molecule has 1 N–H and O–H groups in total. The lowest BCUT2D eigenvalue weighted by Gasteiger charge is -2.21. The maximum absolute atomic E-state index is 5.77. The zero-order valence-electron chi connectivity index (χ0n) is 12.8. The molecule has 2 nitrogen and oxygen atoms in total. The molecule has 3 unspecified atom stereocenters. The van der Waals surface area contributed by atoms with Crippen LogP contribution in [-0.4, -0.2) is 19.3 Å². The molecule has 20 heavy (non-hydrogen) atoms. The highest BCUT2D eigenvalue weighted by Gasteiger charge is 2.26. The first-order valence-corrected chi connectivity index (χ1v) is 8.24. The third-order valence-corrected chi connectivity index (χ3v) is 5.06. The summed E-state index contributed by atoms with van der Waals surface area (Å²) in [6, 6.07) is 7.51. The van der Waals surface area contributed by atoms with Crippen LogP contribution in [0.5, 0.6) is 0 Å². The minimum atomic E-state index is 0.444. The minimum absolute atomic E-state index is 0.444. The first-order chi connectivity index (χ1) is 9.78. The molecule has 1 fully saturated rings. The predicted octanol–water partition coefficient (Wildman–Crippen LogP) is 3.64. The molecule has 0 saturated carbocycles. The van der Waals surface area contributed by atoms with Crippen LogP contribution in [-0.2, 0) is 17.6 Å². The summed E-state index contributed by atoms with van der Waals surface area (Å²) < 4.78 is 5.77. The molecule has 110 valence electrons. The zero-order valence-corrected chi connectivity index (χ0v) is 12.8. The topological polar surface area (TPSA) is 21.3 Å². The quantitative estimate of drug-likeness (QED) is 0.884. The van der Waals surface area contributed by atoms with Gasteiger partial charge in [-0.25, -0.2) is 0 Å². The second-order valence-corrected chi connectivity index (χ2v) is 6.38. The van der Waals surface area contributed by atoms with Gasteiger partial charge >= 0.3 is 0 Å². The Morgan fingerprint density at radius 3 is 3.00 bits per heavy atom. The van der Waals surface area contributed by atoms with E-state index in [0.717, 1.165) is 19.6 Å². The van der Waals surface area contributed by atoms with E-state index < -0.39 is 0 Å². The molecule has 1 heterocycles. The Hall–Kier alpha value is -0.860. The number of hydrogen-bond donors (Lipinski definition) is 1. The van der Waals surface area contributed by atoms with Crippen molar-refractivity contribution in [1.29, 1.82) is 0 Å². The van der Waals surface area contributed by atoms with Crippen molar-refractivity contribution in [1.82, 2.24) is 5.32 Å². The van der Waals surface area contributed by atoms with Crippen LogP contribution in [0, 0.1) is 5.92 Å². The van der Waals surface area contributed by atoms with Crippen LogP contribution in [0.4, 0.5) is 0 Å². The van der Waals surface area contributed by atoms with Crippen LogP contribution in [0.15, 0.2) is 18.2 Å². The summed E-state index contributed by atoms with van der Waals surface area (Å²) >= 11 is 0. The van der Waals surface area contributed by atoms with Crippen molar-refractivity contribution in [2.24, 2.45) is 5.92 Å². The second kappa shape index (κ2) is 6.28. The number of nitrogens with one attached hydrogen (secondary N) is 1. The number of rotatable bonds is 5. The van der Waals surface area contributed by atoms with Gasteiger partial charge in [0.2, 0.25) is 0 Å². The molecule has 1 aliphatic carbocycles. The van der Waals surface area contributed by atoms with E-state index in [1.165, 1.54) is 31.2 Å². The van der Waals surface area contributed by atoms with Crippen molar-refractivity contribution in [2.45, 2.75) is 58.1 Å². The highest BCUT2D eigenvalue weighted by molar-refractivity contribution is 5.36. The Morgan fingerprint density at radius 1 is 1.30 bits per heavy atom. The number of ether oxygens (including phenoxy) is 1. The molecule has 1 aromatic rings. The number of hydrogen-bond acceptors (Lipinski definition) is 2. The lowest BCUT2D eigenvalue weighted by atomic mass is 9.98. The Balaban J connectivity index is 1.57. The molecule has 1 saturated heterocycles. The van der Waals surface area contributed by atoms with Gasteiger partial charge in [-0.05, 0) is 61.6 Å². The van der Waals surface area contributed by atoms with Crippen LogP contribution >= 0.6 is 0 Å². The lowest BCUT2D eigenvalue weighted by Crippen LogP contribution is -2.30. The van der Waals surface area contributed by atoms with Gasteiger partial charge < -0.3 is 10.1 Å². The van der Waals surface area contributed by atoms with E-state index in [2.05, 4.69) is 37.4 Å². The zero-order chi connectivity index (χ0) is 13.9. The standard InChI is InChI=1S/C18H27NO/c1-3-18-17(9-10-20-18)12-19-13(2)15-8-7-14-5-4-6-16(14)11-15/h7-8,11,13,17-19H,3-6,9-10,12H2,1-2H3. The molecule has 0 bridgehead atoms. The van der Waals surface area contributed by atoms with Crippen molar-refractivity contribution < 1.29 is 4.74 Å². The van der Waals surface area contributed by atoms with E-state index in [-0.39, 0.29) is 0 Å². The largest absolute Gasteiger partial charge is 0.378 e. The molecule has 1 aliphatic heterocycles. The Morgan fingerprint density at radius 2 is 2.15 bits per heavy atom. The molecular formula is C18H27NO. The van der Waals surface area contributed by atoms with E-state index in [1.54, 1.807) is 11.1 Å². The Kier molecular flexibility index (Phi) is 4.42. The van der Waals surface area contributed by atoms with Gasteiger partial charge in [-0.1, -0.05) is 25.1 Å². The van der Waals surface area contributed by atoms with Crippen LogP contribution in [0.1, 0.15) is 55.8 Å². The van der Waals surface area contributed by atoms with E-state index in [0.29, 0.717) is 18.1 Å². The number of fused-ring (bicyclic) bond motifs is 1. The van der Waals surface area contributed by atoms with E-state index in [9.17, 15) is 0 Å². The average Bonchev–Trinajstić information content (AvgIpc) is 3.12. The Bertz CT molecular complexity index is 457. The summed E-state index contributed by atoms with van der Waals surface area (Å²) in [6.45, 7) is 6.54. The average molecular weight is 273 g/mol. The molecular weight excluding hydrogens is 246 g/mol. The van der Waals surface area contributed by atoms with Crippen molar-refractivity contribution in [3.05, 3.63) is 34.9 Å². The van der Waals surface area contributed by atoms with Gasteiger partial charge in [0.15, 0.2) is 0 Å². The molecule has 3 atom stereocenters. The summed E-state index contributed by atoms with van der Waals surface area (Å²) in [6.07, 6.45) is 6.69. The van der Waals surface area contributed by atoms with Gasteiger partial charge in [-0.15, -0.1) is 0 Å². The van der Waals surface area contributed by atoms with Crippen LogP contribution in [0.25, 0.3) is 0 Å². The fourth-order valence-corrected chi connectivity index (χ4v) is 3.68. The summed E-state index contributed by atoms with van der Waals surface area (Å²) in [5, 5.41) is 3.72. The molecule has 0 amide bonds. The summed E-state index contributed by atoms with van der Waals surface area (Å²) in [5.74, 6) is 0.692. The maximum atomic E-state index is 5.77. The van der Waals surface area contributed by atoms with E-state index in [1.807, 2.05) is 0 Å². The third kappa shape index (κ3) is 2.91. The molecule has 2 aliphatic rings. The number of aryl methyl sites for hydroxylation is 2. The summed E-state index contributed by atoms with van der Waals surface area (Å²) in [5.41, 5.74) is 4.58. The molecule has 0 radical (unpaired) electrons. The van der Waals surface area contributed by atoms with Crippen LogP contribution in [0.3, 0.4) is 0 Å². The summed E-state index contributed by atoms with van der Waals surface area (Å²) in [4.78, 5) is 0. The van der Waals surface area contributed by atoms with Gasteiger partial charge in [0.05, 0.1) is 6.10 Å². The van der Waals surface area contributed by atoms with Gasteiger partial charge in [-0.2, -0.15) is 0 Å². The molecule has 0 aromatic heterocycles. The van der Waals surface area contributed by atoms with Gasteiger partial charge in [0.1, 0.15) is 0 Å². The predicted molar refractivity (Wildman–Crippen MR) is 83.0 cm³/mol. The SMILES string of the molecule is CCC1OCCC1CNC(C)c1ccc2c(c1)CCC2. The smallest absolute Gasteiger partial charge is 0.0613 e. The third-order valence-electron chi connectivity index (χ3n) is 5.06. The Labute approximate surface area is 122 Å². The molecule has 2 heteroatoms. The van der Waals surface area contributed by atoms with E-state index in [4.69, 9.17) is 4.74 Å². The normalized spacial score (nSPS) is 26.7. The summed E-state index contributed by atoms with van der Waals surface area (Å²) in [7, 11) is 0. The maximum Gasteiger partial charge on any atom is 0.0613 e. The number of benzene rings is 1. The second-order valence-electron chi connectivity index (χ2n) is 6.38. The van der Waals surface area contributed by atoms with Crippen molar-refractivity contribution in [3.8, 4) is 0 Å². The van der Waals surface area contributed by atoms with Crippen molar-refractivity contribution >= 4 is 0 Å². The van der Waals surface area contributed by atoms with Crippen LogP contribution < -0.4 is 5.32 Å². The first kappa shape index (κ1) is 14.1. The van der Waals surface area contributed by atoms with Gasteiger partial charge in [-0.3, -0.25) is 0 Å². The van der Waals surface area contributed by atoms with Crippen molar-refractivity contribution in [2.75, 3.05) is 13.2 Å². The van der Waals surface area contributed by atoms with E-state index >= 15 is 0 Å². The fourth-order valence-electron chi connectivity index (χ4n) is 3.68. The molecule has 3 rings (SSSR count). The van der Waals surface area contributed by atoms with Gasteiger partial charge in [0.25, 0.3) is 0 Å². The van der Waals surface area contributed by atoms with Crippen molar-refractivity contribution in [3.63, 3.8) is 0 Å². The minimum Gasteiger partial charge on any atom is -0.378 e.